The highest BCUT2D eigenvalue weighted by molar-refractivity contribution is 7.10. The normalized spacial score (nSPS) is 13.2. The highest BCUT2D eigenvalue weighted by Gasteiger charge is 2.09. The summed E-state index contributed by atoms with van der Waals surface area (Å²) in [6.07, 6.45) is -0.343. The second kappa shape index (κ2) is 4.60. The van der Waals surface area contributed by atoms with Gasteiger partial charge in [0, 0.05) is 11.4 Å². The Morgan fingerprint density at radius 2 is 2.42 bits per heavy atom. The van der Waals surface area contributed by atoms with Gasteiger partial charge in [-0.15, -0.1) is 11.3 Å². The van der Waals surface area contributed by atoms with Crippen molar-refractivity contribution in [2.45, 2.75) is 20.0 Å². The number of aliphatic hydroxyl groups excluding tert-OH is 1. The molecule has 0 fully saturated rings. The monoisotopic (exact) mass is 185 g/mol. The van der Waals surface area contributed by atoms with Gasteiger partial charge in [-0.2, -0.15) is 0 Å². The van der Waals surface area contributed by atoms with Crippen molar-refractivity contribution in [2.24, 2.45) is 0 Å². The molecule has 68 valence electrons. The summed E-state index contributed by atoms with van der Waals surface area (Å²) in [5, 5.41) is 14.8. The van der Waals surface area contributed by atoms with Crippen molar-refractivity contribution in [3.05, 3.63) is 21.9 Å². The zero-order valence-electron chi connectivity index (χ0n) is 7.50. The Hall–Kier alpha value is -0.380. The molecule has 2 N–H and O–H groups in total. The smallest absolute Gasteiger partial charge is 0.101 e. The van der Waals surface area contributed by atoms with Gasteiger partial charge < -0.3 is 10.4 Å². The molecule has 0 saturated carbocycles. The standard InChI is InChI=1S/C9H15NOS/c1-3-10-6-8(11)9-7(2)4-5-12-9/h4-5,8,10-11H,3,6H2,1-2H3. The lowest BCUT2D eigenvalue weighted by Crippen LogP contribution is -2.20. The van der Waals surface area contributed by atoms with Crippen LogP contribution < -0.4 is 5.32 Å². The number of rotatable bonds is 4. The summed E-state index contributed by atoms with van der Waals surface area (Å²) in [7, 11) is 0. The van der Waals surface area contributed by atoms with Gasteiger partial charge in [0.2, 0.25) is 0 Å². The first kappa shape index (κ1) is 9.71. The van der Waals surface area contributed by atoms with Gasteiger partial charge in [-0.1, -0.05) is 6.92 Å². The van der Waals surface area contributed by atoms with Gasteiger partial charge in [-0.3, -0.25) is 0 Å². The fourth-order valence-electron chi connectivity index (χ4n) is 1.10. The third-order valence-electron chi connectivity index (χ3n) is 1.79. The second-order valence-electron chi connectivity index (χ2n) is 2.79. The Balaban J connectivity index is 2.52. The van der Waals surface area contributed by atoms with Crippen molar-refractivity contribution in [2.75, 3.05) is 13.1 Å². The molecule has 0 aliphatic rings. The summed E-state index contributed by atoms with van der Waals surface area (Å²) >= 11 is 1.62. The van der Waals surface area contributed by atoms with Crippen molar-refractivity contribution >= 4 is 11.3 Å². The van der Waals surface area contributed by atoms with Crippen LogP contribution in [-0.4, -0.2) is 18.2 Å². The number of nitrogens with one attached hydrogen (secondary N) is 1. The number of hydrogen-bond donors (Lipinski definition) is 2. The molecule has 1 atom stereocenters. The van der Waals surface area contributed by atoms with E-state index in [1.54, 1.807) is 11.3 Å². The molecular weight excluding hydrogens is 170 g/mol. The van der Waals surface area contributed by atoms with Crippen LogP contribution in [0.25, 0.3) is 0 Å². The summed E-state index contributed by atoms with van der Waals surface area (Å²) in [5.74, 6) is 0. The zero-order valence-corrected chi connectivity index (χ0v) is 8.32. The summed E-state index contributed by atoms with van der Waals surface area (Å²) < 4.78 is 0. The van der Waals surface area contributed by atoms with E-state index in [4.69, 9.17) is 0 Å². The Morgan fingerprint density at radius 3 is 2.92 bits per heavy atom. The largest absolute Gasteiger partial charge is 0.386 e. The van der Waals surface area contributed by atoms with Crippen molar-refractivity contribution < 1.29 is 5.11 Å². The van der Waals surface area contributed by atoms with E-state index in [1.165, 1.54) is 5.56 Å². The predicted octanol–water partition coefficient (Wildman–Crippen LogP) is 1.70. The fraction of sp³-hybridized carbons (Fsp3) is 0.556. The Bertz CT molecular complexity index is 234. The number of thiophene rings is 1. The average molecular weight is 185 g/mol. The van der Waals surface area contributed by atoms with Crippen molar-refractivity contribution in [1.29, 1.82) is 0 Å². The van der Waals surface area contributed by atoms with E-state index in [9.17, 15) is 5.11 Å². The van der Waals surface area contributed by atoms with E-state index >= 15 is 0 Å². The van der Waals surface area contributed by atoms with Gasteiger partial charge in [0.25, 0.3) is 0 Å². The highest BCUT2D eigenvalue weighted by atomic mass is 32.1. The van der Waals surface area contributed by atoms with Crippen molar-refractivity contribution in [3.8, 4) is 0 Å². The number of hydrogen-bond acceptors (Lipinski definition) is 3. The third kappa shape index (κ3) is 2.30. The molecule has 3 heteroatoms. The quantitative estimate of drug-likeness (QED) is 0.748. The fourth-order valence-corrected chi connectivity index (χ4v) is 2.01. The molecule has 0 aliphatic carbocycles. The van der Waals surface area contributed by atoms with Crippen LogP contribution in [0.4, 0.5) is 0 Å². The minimum Gasteiger partial charge on any atom is -0.386 e. The molecule has 0 bridgehead atoms. The van der Waals surface area contributed by atoms with Gasteiger partial charge in [0.1, 0.15) is 6.10 Å². The van der Waals surface area contributed by atoms with Gasteiger partial charge in [0.15, 0.2) is 0 Å². The van der Waals surface area contributed by atoms with Crippen LogP contribution in [0.2, 0.25) is 0 Å². The number of likely N-dealkylation sites (N-methyl/N-ethyl adjacent to an activating group) is 1. The molecule has 0 spiro atoms. The predicted molar refractivity (Wildman–Crippen MR) is 52.6 cm³/mol. The maximum Gasteiger partial charge on any atom is 0.101 e. The van der Waals surface area contributed by atoms with E-state index in [-0.39, 0.29) is 6.10 Å². The molecule has 1 aromatic rings. The molecule has 2 nitrogen and oxygen atoms in total. The minimum absolute atomic E-state index is 0.343. The zero-order chi connectivity index (χ0) is 8.97. The lowest BCUT2D eigenvalue weighted by atomic mass is 10.2. The molecule has 1 aromatic heterocycles. The molecular formula is C9H15NOS. The lowest BCUT2D eigenvalue weighted by Gasteiger charge is -2.09. The molecule has 0 aromatic carbocycles. The SMILES string of the molecule is CCNCC(O)c1sccc1C. The van der Waals surface area contributed by atoms with Crippen LogP contribution in [0.5, 0.6) is 0 Å². The van der Waals surface area contributed by atoms with Crippen LogP contribution in [0.3, 0.4) is 0 Å². The molecule has 0 aliphatic heterocycles. The first-order chi connectivity index (χ1) is 5.75. The summed E-state index contributed by atoms with van der Waals surface area (Å²) in [4.78, 5) is 1.08. The van der Waals surface area contributed by atoms with E-state index in [0.29, 0.717) is 6.54 Å². The maximum absolute atomic E-state index is 9.67. The van der Waals surface area contributed by atoms with Crippen LogP contribution in [0.1, 0.15) is 23.5 Å². The van der Waals surface area contributed by atoms with Crippen LogP contribution in [0.15, 0.2) is 11.4 Å². The number of aliphatic hydroxyl groups is 1. The molecule has 12 heavy (non-hydrogen) atoms. The summed E-state index contributed by atoms with van der Waals surface area (Å²) in [6, 6.07) is 2.04. The summed E-state index contributed by atoms with van der Waals surface area (Å²) in [6.45, 7) is 5.62. The van der Waals surface area contributed by atoms with E-state index in [1.807, 2.05) is 25.3 Å². The first-order valence-electron chi connectivity index (χ1n) is 4.18. The van der Waals surface area contributed by atoms with E-state index < -0.39 is 0 Å². The van der Waals surface area contributed by atoms with Crippen LogP contribution >= 0.6 is 11.3 Å². The van der Waals surface area contributed by atoms with E-state index in [2.05, 4.69) is 5.32 Å². The van der Waals surface area contributed by atoms with Crippen molar-refractivity contribution in [3.63, 3.8) is 0 Å². The molecule has 0 amide bonds. The van der Waals surface area contributed by atoms with Gasteiger partial charge in [-0.05, 0) is 30.5 Å². The minimum atomic E-state index is -0.343. The lowest BCUT2D eigenvalue weighted by molar-refractivity contribution is 0.178. The van der Waals surface area contributed by atoms with Crippen LogP contribution in [-0.2, 0) is 0 Å². The maximum atomic E-state index is 9.67. The van der Waals surface area contributed by atoms with Gasteiger partial charge in [0.05, 0.1) is 0 Å². The van der Waals surface area contributed by atoms with Gasteiger partial charge in [-0.25, -0.2) is 0 Å². The summed E-state index contributed by atoms with van der Waals surface area (Å²) in [5.41, 5.74) is 1.19. The second-order valence-corrected chi connectivity index (χ2v) is 3.74. The Kier molecular flexibility index (Phi) is 3.72. The molecule has 0 radical (unpaired) electrons. The molecule has 1 heterocycles. The third-order valence-corrected chi connectivity index (χ3v) is 2.91. The Morgan fingerprint density at radius 1 is 1.67 bits per heavy atom. The first-order valence-corrected chi connectivity index (χ1v) is 5.06. The highest BCUT2D eigenvalue weighted by Crippen LogP contribution is 2.22. The topological polar surface area (TPSA) is 32.3 Å². The molecule has 1 rings (SSSR count). The van der Waals surface area contributed by atoms with Crippen LogP contribution in [0, 0.1) is 6.92 Å². The van der Waals surface area contributed by atoms with Gasteiger partial charge >= 0.3 is 0 Å². The van der Waals surface area contributed by atoms with E-state index in [0.717, 1.165) is 11.4 Å². The molecule has 1 unspecified atom stereocenters. The average Bonchev–Trinajstić information content (AvgIpc) is 2.47. The Labute approximate surface area is 77.2 Å². The number of aryl methyl sites for hydroxylation is 1. The molecule has 0 saturated heterocycles. The van der Waals surface area contributed by atoms with Crippen molar-refractivity contribution in [1.82, 2.24) is 5.32 Å².